The highest BCUT2D eigenvalue weighted by atomic mass is 16.4. The topological polar surface area (TPSA) is 78.4 Å². The van der Waals surface area contributed by atoms with Gasteiger partial charge < -0.3 is 15.7 Å². The molecule has 2 amide bonds. The van der Waals surface area contributed by atoms with Crippen LogP contribution in [0.4, 0.5) is 4.79 Å². The zero-order chi connectivity index (χ0) is 13.6. The number of urea groups is 1. The van der Waals surface area contributed by atoms with Crippen LogP contribution in [0.1, 0.15) is 45.4 Å². The number of amides is 2. The largest absolute Gasteiger partial charge is 0.480 e. The molecule has 0 spiro atoms. The lowest BCUT2D eigenvalue weighted by atomic mass is 9.53. The van der Waals surface area contributed by atoms with Crippen LogP contribution in [0.5, 0.6) is 0 Å². The molecule has 5 heteroatoms. The average molecular weight is 266 g/mol. The Balaban J connectivity index is 1.63. The first-order valence-corrected chi connectivity index (χ1v) is 7.27. The van der Waals surface area contributed by atoms with Crippen LogP contribution in [0.25, 0.3) is 0 Å². The van der Waals surface area contributed by atoms with Crippen LogP contribution < -0.4 is 10.6 Å². The molecule has 106 valence electrons. The van der Waals surface area contributed by atoms with Gasteiger partial charge in [0.1, 0.15) is 6.04 Å². The highest BCUT2D eigenvalue weighted by Crippen LogP contribution is 2.55. The summed E-state index contributed by atoms with van der Waals surface area (Å²) in [6, 6.07) is -1.16. The van der Waals surface area contributed by atoms with Gasteiger partial charge in [0.15, 0.2) is 0 Å². The van der Waals surface area contributed by atoms with Crippen molar-refractivity contribution < 1.29 is 14.7 Å². The SMILES string of the molecule is C[C@@H](NC(=O)NC12CC3CC(CC(C3)C1)C2)C(=O)O. The second kappa shape index (κ2) is 4.39. The summed E-state index contributed by atoms with van der Waals surface area (Å²) in [5, 5.41) is 14.4. The van der Waals surface area contributed by atoms with Gasteiger partial charge in [-0.1, -0.05) is 0 Å². The smallest absolute Gasteiger partial charge is 0.325 e. The van der Waals surface area contributed by atoms with Gasteiger partial charge in [-0.2, -0.15) is 0 Å². The van der Waals surface area contributed by atoms with Crippen LogP contribution in [-0.2, 0) is 4.79 Å². The number of carbonyl (C=O) groups excluding carboxylic acids is 1. The fraction of sp³-hybridized carbons (Fsp3) is 0.857. The number of nitrogens with one attached hydrogen (secondary N) is 2. The molecule has 0 aromatic carbocycles. The highest BCUT2D eigenvalue weighted by Gasteiger charge is 2.51. The normalized spacial score (nSPS) is 40.8. The van der Waals surface area contributed by atoms with Crippen molar-refractivity contribution in [2.24, 2.45) is 17.8 Å². The molecular formula is C14H22N2O3. The van der Waals surface area contributed by atoms with E-state index in [1.165, 1.54) is 26.2 Å². The maximum absolute atomic E-state index is 12.0. The van der Waals surface area contributed by atoms with E-state index < -0.39 is 12.0 Å². The molecule has 4 bridgehead atoms. The van der Waals surface area contributed by atoms with E-state index in [-0.39, 0.29) is 11.6 Å². The molecule has 0 unspecified atom stereocenters. The van der Waals surface area contributed by atoms with E-state index in [0.29, 0.717) is 0 Å². The molecule has 0 aromatic heterocycles. The summed E-state index contributed by atoms with van der Waals surface area (Å²) in [6.07, 6.45) is 7.21. The van der Waals surface area contributed by atoms with Crippen molar-refractivity contribution >= 4 is 12.0 Å². The molecule has 4 aliphatic carbocycles. The van der Waals surface area contributed by atoms with Gasteiger partial charge in [-0.3, -0.25) is 4.79 Å². The standard InChI is InChI=1S/C14H22N2O3/c1-8(12(17)18)15-13(19)16-14-5-9-2-10(6-14)4-11(3-9)7-14/h8-11H,2-7H2,1H3,(H,17,18)(H2,15,16,19)/t8-,9?,10?,11?,14?/m1/s1. The van der Waals surface area contributed by atoms with Gasteiger partial charge in [-0.15, -0.1) is 0 Å². The third-order valence-electron chi connectivity index (χ3n) is 5.13. The van der Waals surface area contributed by atoms with Crippen molar-refractivity contribution in [3.63, 3.8) is 0 Å². The van der Waals surface area contributed by atoms with E-state index in [4.69, 9.17) is 5.11 Å². The third-order valence-corrected chi connectivity index (χ3v) is 5.13. The van der Waals surface area contributed by atoms with Gasteiger partial charge >= 0.3 is 12.0 Å². The minimum absolute atomic E-state index is 0.0585. The number of hydrogen-bond acceptors (Lipinski definition) is 2. The van der Waals surface area contributed by atoms with E-state index >= 15 is 0 Å². The summed E-state index contributed by atoms with van der Waals surface area (Å²) in [6.45, 7) is 1.49. The molecule has 0 radical (unpaired) electrons. The molecule has 19 heavy (non-hydrogen) atoms. The van der Waals surface area contributed by atoms with Gasteiger partial charge in [0.05, 0.1) is 0 Å². The fourth-order valence-corrected chi connectivity index (χ4v) is 4.80. The monoisotopic (exact) mass is 266 g/mol. The highest BCUT2D eigenvalue weighted by molar-refractivity contribution is 5.82. The Hall–Kier alpha value is -1.26. The molecule has 0 aromatic rings. The molecule has 4 fully saturated rings. The van der Waals surface area contributed by atoms with Crippen molar-refractivity contribution in [1.82, 2.24) is 10.6 Å². The number of aliphatic carboxylic acids is 1. The van der Waals surface area contributed by atoms with Gasteiger partial charge in [0, 0.05) is 5.54 Å². The van der Waals surface area contributed by atoms with Crippen molar-refractivity contribution in [2.45, 2.75) is 57.0 Å². The van der Waals surface area contributed by atoms with Crippen molar-refractivity contribution in [3.8, 4) is 0 Å². The van der Waals surface area contributed by atoms with Crippen LogP contribution in [-0.4, -0.2) is 28.7 Å². The zero-order valence-electron chi connectivity index (χ0n) is 11.3. The van der Waals surface area contributed by atoms with E-state index in [1.807, 2.05) is 0 Å². The van der Waals surface area contributed by atoms with Gasteiger partial charge in [0.25, 0.3) is 0 Å². The van der Waals surface area contributed by atoms with Crippen LogP contribution in [0.3, 0.4) is 0 Å². The fourth-order valence-electron chi connectivity index (χ4n) is 4.80. The van der Waals surface area contributed by atoms with Crippen LogP contribution in [0.15, 0.2) is 0 Å². The van der Waals surface area contributed by atoms with E-state index in [2.05, 4.69) is 10.6 Å². The summed E-state index contributed by atoms with van der Waals surface area (Å²) in [5.41, 5.74) is -0.0585. The lowest BCUT2D eigenvalue weighted by Gasteiger charge is -2.56. The number of rotatable bonds is 3. The predicted molar refractivity (Wildman–Crippen MR) is 69.7 cm³/mol. The zero-order valence-corrected chi connectivity index (χ0v) is 11.3. The Labute approximate surface area is 113 Å². The van der Waals surface area contributed by atoms with E-state index in [9.17, 15) is 9.59 Å². The Kier molecular flexibility index (Phi) is 2.95. The number of carboxylic acid groups (broad SMARTS) is 1. The van der Waals surface area contributed by atoms with Crippen molar-refractivity contribution in [1.29, 1.82) is 0 Å². The summed E-state index contributed by atoms with van der Waals surface area (Å²) in [5.74, 6) is 1.30. The van der Waals surface area contributed by atoms with Crippen molar-refractivity contribution in [2.75, 3.05) is 0 Å². The first-order chi connectivity index (χ1) is 8.96. The van der Waals surface area contributed by atoms with Gasteiger partial charge in [-0.25, -0.2) is 4.79 Å². The van der Waals surface area contributed by atoms with E-state index in [0.717, 1.165) is 37.0 Å². The summed E-state index contributed by atoms with van der Waals surface area (Å²) in [7, 11) is 0. The maximum Gasteiger partial charge on any atom is 0.325 e. The second-order valence-electron chi connectivity index (χ2n) is 6.86. The molecule has 4 saturated carbocycles. The third kappa shape index (κ3) is 2.42. The second-order valence-corrected chi connectivity index (χ2v) is 6.86. The van der Waals surface area contributed by atoms with Crippen molar-refractivity contribution in [3.05, 3.63) is 0 Å². The summed E-state index contributed by atoms with van der Waals surface area (Å²) >= 11 is 0. The molecular weight excluding hydrogens is 244 g/mol. The maximum atomic E-state index is 12.0. The molecule has 4 rings (SSSR count). The number of hydrogen-bond donors (Lipinski definition) is 3. The molecule has 0 saturated heterocycles. The van der Waals surface area contributed by atoms with Crippen LogP contribution >= 0.6 is 0 Å². The molecule has 0 heterocycles. The quantitative estimate of drug-likeness (QED) is 0.728. The Morgan fingerprint density at radius 2 is 1.58 bits per heavy atom. The number of carboxylic acids is 1. The summed E-state index contributed by atoms with van der Waals surface area (Å²) in [4.78, 5) is 22.7. The summed E-state index contributed by atoms with van der Waals surface area (Å²) < 4.78 is 0. The molecule has 0 aliphatic heterocycles. The van der Waals surface area contributed by atoms with Gasteiger partial charge in [0.2, 0.25) is 0 Å². The average Bonchev–Trinajstić information content (AvgIpc) is 2.25. The molecule has 4 aliphatic rings. The molecule has 5 nitrogen and oxygen atoms in total. The number of carbonyl (C=O) groups is 2. The lowest BCUT2D eigenvalue weighted by molar-refractivity contribution is -0.138. The Bertz CT molecular complexity index is 372. The minimum Gasteiger partial charge on any atom is -0.480 e. The lowest BCUT2D eigenvalue weighted by Crippen LogP contribution is -2.62. The first kappa shape index (κ1) is 12.8. The van der Waals surface area contributed by atoms with E-state index in [1.54, 1.807) is 0 Å². The van der Waals surface area contributed by atoms with Crippen LogP contribution in [0, 0.1) is 17.8 Å². The molecule has 1 atom stereocenters. The van der Waals surface area contributed by atoms with Crippen LogP contribution in [0.2, 0.25) is 0 Å². The first-order valence-electron chi connectivity index (χ1n) is 7.27. The predicted octanol–water partition coefficient (Wildman–Crippen LogP) is 1.73. The molecule has 3 N–H and O–H groups in total. The van der Waals surface area contributed by atoms with Gasteiger partial charge in [-0.05, 0) is 63.2 Å². The Morgan fingerprint density at radius 3 is 2.00 bits per heavy atom. The minimum atomic E-state index is -0.999. The Morgan fingerprint density at radius 1 is 1.11 bits per heavy atom.